The number of amides is 2. The van der Waals surface area contributed by atoms with E-state index < -0.39 is 35.5 Å². The third-order valence-electron chi connectivity index (χ3n) is 5.01. The van der Waals surface area contributed by atoms with E-state index in [2.05, 4.69) is 15.6 Å². The summed E-state index contributed by atoms with van der Waals surface area (Å²) in [6.45, 7) is 0.145. The van der Waals surface area contributed by atoms with Gasteiger partial charge in [0.2, 0.25) is 11.8 Å². The van der Waals surface area contributed by atoms with E-state index in [0.717, 1.165) is 17.7 Å². The summed E-state index contributed by atoms with van der Waals surface area (Å²) in [6.07, 6.45) is 1.75. The molecule has 6 N–H and O–H groups in total. The van der Waals surface area contributed by atoms with Gasteiger partial charge in [0.15, 0.2) is 11.6 Å². The van der Waals surface area contributed by atoms with Crippen molar-refractivity contribution in [3.63, 3.8) is 0 Å². The molecule has 0 saturated carbocycles. The van der Waals surface area contributed by atoms with Crippen molar-refractivity contribution < 1.29 is 18.4 Å². The van der Waals surface area contributed by atoms with Gasteiger partial charge in [-0.3, -0.25) is 9.59 Å². The van der Waals surface area contributed by atoms with Crippen LogP contribution in [0, 0.1) is 11.6 Å². The Morgan fingerprint density at radius 3 is 2.27 bits per heavy atom. The first-order chi connectivity index (χ1) is 15.8. The Balaban J connectivity index is 1.70. The van der Waals surface area contributed by atoms with Crippen molar-refractivity contribution in [2.75, 3.05) is 5.73 Å². The van der Waals surface area contributed by atoms with Crippen LogP contribution in [0.3, 0.4) is 0 Å². The van der Waals surface area contributed by atoms with Crippen molar-refractivity contribution in [3.05, 3.63) is 95.2 Å². The summed E-state index contributed by atoms with van der Waals surface area (Å²) in [5.41, 5.74) is 13.5. The quantitative estimate of drug-likeness (QED) is 0.394. The minimum absolute atomic E-state index is 0.0488. The third kappa shape index (κ3) is 7.08. The lowest BCUT2D eigenvalue weighted by Gasteiger charge is -2.21. The molecular formula is C24H25F2N5O2. The number of hydrogen-bond donors (Lipinski definition) is 4. The van der Waals surface area contributed by atoms with Crippen molar-refractivity contribution in [3.8, 4) is 0 Å². The van der Waals surface area contributed by atoms with Crippen LogP contribution < -0.4 is 22.1 Å². The number of nitrogens with zero attached hydrogens (tertiary/aromatic N) is 1. The minimum Gasteiger partial charge on any atom is -0.384 e. The maximum absolute atomic E-state index is 13.7. The Labute approximate surface area is 190 Å². The maximum atomic E-state index is 13.7. The fourth-order valence-corrected chi connectivity index (χ4v) is 3.20. The summed E-state index contributed by atoms with van der Waals surface area (Å²) in [4.78, 5) is 29.5. The molecule has 0 unspecified atom stereocenters. The van der Waals surface area contributed by atoms with Gasteiger partial charge < -0.3 is 22.1 Å². The lowest BCUT2D eigenvalue weighted by molar-refractivity contribution is -0.129. The number of benzene rings is 2. The molecule has 0 radical (unpaired) electrons. The molecular weight excluding hydrogens is 428 g/mol. The molecule has 33 heavy (non-hydrogen) atoms. The van der Waals surface area contributed by atoms with Crippen LogP contribution >= 0.6 is 0 Å². The van der Waals surface area contributed by atoms with E-state index in [1.165, 1.54) is 12.3 Å². The second-order valence-corrected chi connectivity index (χ2v) is 7.62. The number of halogens is 2. The van der Waals surface area contributed by atoms with Crippen LogP contribution in [0.25, 0.3) is 0 Å². The zero-order valence-electron chi connectivity index (χ0n) is 17.8. The summed E-state index contributed by atoms with van der Waals surface area (Å²) >= 11 is 0. The molecule has 2 aromatic carbocycles. The summed E-state index contributed by atoms with van der Waals surface area (Å²) in [5.74, 6) is -2.72. The van der Waals surface area contributed by atoms with Crippen LogP contribution in [0.15, 0.2) is 66.9 Å². The monoisotopic (exact) mass is 453 g/mol. The smallest absolute Gasteiger partial charge is 0.243 e. The maximum Gasteiger partial charge on any atom is 0.243 e. The second kappa shape index (κ2) is 11.1. The average Bonchev–Trinajstić information content (AvgIpc) is 2.81. The topological polar surface area (TPSA) is 123 Å². The van der Waals surface area contributed by atoms with E-state index in [-0.39, 0.29) is 19.4 Å². The molecule has 7 nitrogen and oxygen atoms in total. The van der Waals surface area contributed by atoms with Gasteiger partial charge in [-0.05, 0) is 41.3 Å². The number of carbonyl (C=O) groups is 2. The summed E-state index contributed by atoms with van der Waals surface area (Å²) < 4.78 is 27.0. The fraction of sp³-hybridized carbons (Fsp3) is 0.208. The van der Waals surface area contributed by atoms with Gasteiger partial charge in [-0.15, -0.1) is 0 Å². The number of hydrogen-bond acceptors (Lipinski definition) is 5. The molecule has 9 heteroatoms. The molecule has 0 aliphatic heterocycles. The first kappa shape index (κ1) is 23.8. The van der Waals surface area contributed by atoms with E-state index in [4.69, 9.17) is 11.5 Å². The molecule has 3 aromatic rings. The summed E-state index contributed by atoms with van der Waals surface area (Å²) in [6, 6.07) is 13.9. The van der Waals surface area contributed by atoms with Crippen LogP contribution in [0.2, 0.25) is 0 Å². The normalized spacial score (nSPS) is 12.6. The molecule has 0 saturated heterocycles. The highest BCUT2D eigenvalue weighted by atomic mass is 19.2. The number of carbonyl (C=O) groups excluding carboxylic acids is 2. The fourth-order valence-electron chi connectivity index (χ4n) is 3.20. The molecule has 3 rings (SSSR count). The van der Waals surface area contributed by atoms with Crippen LogP contribution in [-0.4, -0.2) is 28.9 Å². The Morgan fingerprint density at radius 1 is 0.879 bits per heavy atom. The molecule has 2 amide bonds. The highest BCUT2D eigenvalue weighted by molar-refractivity contribution is 5.90. The second-order valence-electron chi connectivity index (χ2n) is 7.62. The van der Waals surface area contributed by atoms with Crippen molar-refractivity contribution >= 4 is 17.6 Å². The average molecular weight is 453 g/mol. The van der Waals surface area contributed by atoms with Crippen LogP contribution in [-0.2, 0) is 29.0 Å². The van der Waals surface area contributed by atoms with Crippen molar-refractivity contribution in [2.24, 2.45) is 5.73 Å². The molecule has 0 fully saturated rings. The van der Waals surface area contributed by atoms with E-state index in [1.807, 2.05) is 30.3 Å². The molecule has 1 heterocycles. The van der Waals surface area contributed by atoms with Gasteiger partial charge in [0, 0.05) is 19.2 Å². The number of nitrogen functional groups attached to an aromatic ring is 1. The van der Waals surface area contributed by atoms with E-state index in [9.17, 15) is 18.4 Å². The van der Waals surface area contributed by atoms with Crippen LogP contribution in [0.4, 0.5) is 14.6 Å². The van der Waals surface area contributed by atoms with Gasteiger partial charge >= 0.3 is 0 Å². The molecule has 0 bridgehead atoms. The van der Waals surface area contributed by atoms with Crippen LogP contribution in [0.1, 0.15) is 16.7 Å². The van der Waals surface area contributed by atoms with E-state index >= 15 is 0 Å². The summed E-state index contributed by atoms with van der Waals surface area (Å²) in [7, 11) is 0. The lowest BCUT2D eigenvalue weighted by atomic mass is 10.0. The number of rotatable bonds is 9. The first-order valence-corrected chi connectivity index (χ1v) is 10.3. The molecule has 0 spiro atoms. The van der Waals surface area contributed by atoms with Crippen molar-refractivity contribution in [2.45, 2.75) is 31.5 Å². The Bertz CT molecular complexity index is 1090. The molecule has 0 aliphatic rings. The molecule has 2 atom stereocenters. The predicted molar refractivity (Wildman–Crippen MR) is 121 cm³/mol. The van der Waals surface area contributed by atoms with Gasteiger partial charge in [0.1, 0.15) is 11.9 Å². The Kier molecular flexibility index (Phi) is 8.04. The standard InChI is InChI=1S/C24H25F2N5O2/c25-18-8-6-16(10-19(18)26)12-21(24(33)30-14-17-7-9-22(28)29-13-17)31-23(32)20(27)11-15-4-2-1-3-5-15/h1-10,13,20-21H,11-12,14,27H2,(H2,28,29)(H,30,33)(H,31,32)/t20-,21+/m1/s1. The van der Waals surface area contributed by atoms with Crippen molar-refractivity contribution in [1.29, 1.82) is 0 Å². The Hall–Kier alpha value is -3.85. The molecule has 172 valence electrons. The molecule has 0 aliphatic carbocycles. The highest BCUT2D eigenvalue weighted by Crippen LogP contribution is 2.12. The zero-order valence-corrected chi connectivity index (χ0v) is 17.8. The number of pyridine rings is 1. The van der Waals surface area contributed by atoms with Crippen LogP contribution in [0.5, 0.6) is 0 Å². The number of nitrogens with one attached hydrogen (secondary N) is 2. The molecule has 1 aromatic heterocycles. The van der Waals surface area contributed by atoms with Gasteiger partial charge in [-0.25, -0.2) is 13.8 Å². The zero-order chi connectivity index (χ0) is 23.8. The Morgan fingerprint density at radius 2 is 1.61 bits per heavy atom. The van der Waals surface area contributed by atoms with Gasteiger partial charge in [-0.2, -0.15) is 0 Å². The van der Waals surface area contributed by atoms with Gasteiger partial charge in [-0.1, -0.05) is 42.5 Å². The largest absolute Gasteiger partial charge is 0.384 e. The lowest BCUT2D eigenvalue weighted by Crippen LogP contribution is -2.53. The number of anilines is 1. The van der Waals surface area contributed by atoms with Gasteiger partial charge in [0.05, 0.1) is 6.04 Å². The van der Waals surface area contributed by atoms with Crippen molar-refractivity contribution in [1.82, 2.24) is 15.6 Å². The van der Waals surface area contributed by atoms with E-state index in [1.54, 1.807) is 12.1 Å². The predicted octanol–water partition coefficient (Wildman–Crippen LogP) is 1.86. The highest BCUT2D eigenvalue weighted by Gasteiger charge is 2.24. The SMILES string of the molecule is Nc1ccc(CNC(=O)[C@H](Cc2ccc(F)c(F)c2)NC(=O)[C@H](N)Cc2ccccc2)cn1. The third-order valence-corrected chi connectivity index (χ3v) is 5.01. The first-order valence-electron chi connectivity index (χ1n) is 10.3. The summed E-state index contributed by atoms with van der Waals surface area (Å²) in [5, 5.41) is 5.35. The van der Waals surface area contributed by atoms with Gasteiger partial charge in [0.25, 0.3) is 0 Å². The minimum atomic E-state index is -1.05. The number of aromatic nitrogens is 1. The number of nitrogens with two attached hydrogens (primary N) is 2. The van der Waals surface area contributed by atoms with E-state index in [0.29, 0.717) is 16.9 Å².